The van der Waals surface area contributed by atoms with Crippen LogP contribution in [0.3, 0.4) is 0 Å². The van der Waals surface area contributed by atoms with Gasteiger partial charge in [0.1, 0.15) is 5.02 Å². The van der Waals surface area contributed by atoms with Crippen molar-refractivity contribution in [2.45, 2.75) is 12.2 Å². The molecule has 1 N–H and O–H groups in total. The molecule has 4 nitrogen and oxygen atoms in total. The summed E-state index contributed by atoms with van der Waals surface area (Å²) in [6.45, 7) is 2.72. The Balaban J connectivity index is 2.04. The van der Waals surface area contributed by atoms with Crippen LogP contribution in [-0.2, 0) is 0 Å². The predicted molar refractivity (Wildman–Crippen MR) is 84.9 cm³/mol. The third kappa shape index (κ3) is 3.94. The molecule has 0 aromatic heterocycles. The van der Waals surface area contributed by atoms with Crippen molar-refractivity contribution in [1.29, 1.82) is 0 Å². The second kappa shape index (κ2) is 6.72. The number of nitro benzene ring substituents is 1. The van der Waals surface area contributed by atoms with E-state index in [1.165, 1.54) is 17.6 Å². The van der Waals surface area contributed by atoms with E-state index in [9.17, 15) is 10.1 Å². The maximum Gasteiger partial charge on any atom is 0.288 e. The Hall–Kier alpha value is -0.590. The van der Waals surface area contributed by atoms with Gasteiger partial charge < -0.3 is 5.32 Å². The molecule has 1 aliphatic rings. The van der Waals surface area contributed by atoms with E-state index >= 15 is 0 Å². The molecular weight excluding hydrogens is 304 g/mol. The van der Waals surface area contributed by atoms with Crippen LogP contribution in [0.5, 0.6) is 0 Å². The van der Waals surface area contributed by atoms with Crippen LogP contribution in [0.15, 0.2) is 12.1 Å². The van der Waals surface area contributed by atoms with Crippen LogP contribution in [0, 0.1) is 17.0 Å². The SMILES string of the molecule is Cc1cc([N+](=O)[O-])c(Cl)cc1NCC1CSCCS1. The molecular formula is C12H15ClN2O2S2. The maximum atomic E-state index is 10.8. The molecule has 1 aromatic carbocycles. The molecule has 0 amide bonds. The van der Waals surface area contributed by atoms with Crippen molar-refractivity contribution in [2.24, 2.45) is 0 Å². The van der Waals surface area contributed by atoms with Crippen molar-refractivity contribution in [3.63, 3.8) is 0 Å². The smallest absolute Gasteiger partial charge is 0.288 e. The van der Waals surface area contributed by atoms with Gasteiger partial charge in [-0.25, -0.2) is 0 Å². The lowest BCUT2D eigenvalue weighted by Crippen LogP contribution is -2.23. The monoisotopic (exact) mass is 318 g/mol. The van der Waals surface area contributed by atoms with Gasteiger partial charge in [-0.2, -0.15) is 23.5 Å². The highest BCUT2D eigenvalue weighted by atomic mass is 35.5. The van der Waals surface area contributed by atoms with Gasteiger partial charge in [-0.05, 0) is 18.6 Å². The molecule has 1 heterocycles. The molecule has 0 radical (unpaired) electrons. The van der Waals surface area contributed by atoms with Gasteiger partial charge in [0, 0.05) is 40.8 Å². The quantitative estimate of drug-likeness (QED) is 0.675. The molecule has 0 saturated carbocycles. The molecule has 2 rings (SSSR count). The van der Waals surface area contributed by atoms with E-state index in [1.807, 2.05) is 30.4 Å². The van der Waals surface area contributed by atoms with E-state index < -0.39 is 4.92 Å². The van der Waals surface area contributed by atoms with Crippen molar-refractivity contribution >= 4 is 46.5 Å². The van der Waals surface area contributed by atoms with Gasteiger partial charge in [0.05, 0.1) is 4.92 Å². The number of halogens is 1. The number of thioether (sulfide) groups is 2. The standard InChI is InChI=1S/C12H15ClN2O2S2/c1-8-4-12(15(16)17)10(13)5-11(8)14-6-9-7-18-2-3-19-9/h4-5,9,14H,2-3,6-7H2,1H3. The van der Waals surface area contributed by atoms with Crippen LogP contribution in [0.4, 0.5) is 11.4 Å². The largest absolute Gasteiger partial charge is 0.384 e. The van der Waals surface area contributed by atoms with E-state index in [4.69, 9.17) is 11.6 Å². The number of benzene rings is 1. The Labute approximate surface area is 125 Å². The fourth-order valence-electron chi connectivity index (χ4n) is 1.87. The molecule has 1 saturated heterocycles. The highest BCUT2D eigenvalue weighted by molar-refractivity contribution is 8.06. The third-order valence-electron chi connectivity index (χ3n) is 2.90. The minimum Gasteiger partial charge on any atom is -0.384 e. The number of nitrogens with zero attached hydrogens (tertiary/aromatic N) is 1. The molecule has 0 bridgehead atoms. The van der Waals surface area contributed by atoms with Gasteiger partial charge in [0.25, 0.3) is 5.69 Å². The Morgan fingerprint density at radius 3 is 2.95 bits per heavy atom. The maximum absolute atomic E-state index is 10.8. The van der Waals surface area contributed by atoms with E-state index in [0.717, 1.165) is 23.5 Å². The van der Waals surface area contributed by atoms with E-state index in [-0.39, 0.29) is 10.7 Å². The normalized spacial score (nSPS) is 19.2. The van der Waals surface area contributed by atoms with Crippen molar-refractivity contribution in [1.82, 2.24) is 0 Å². The minimum absolute atomic E-state index is 0.0349. The first-order valence-electron chi connectivity index (χ1n) is 5.95. The number of nitrogens with one attached hydrogen (secondary N) is 1. The summed E-state index contributed by atoms with van der Waals surface area (Å²) in [7, 11) is 0. The van der Waals surface area contributed by atoms with Crippen molar-refractivity contribution < 1.29 is 4.92 Å². The minimum atomic E-state index is -0.452. The molecule has 19 heavy (non-hydrogen) atoms. The fourth-order valence-corrected chi connectivity index (χ4v) is 4.72. The number of aryl methyl sites for hydroxylation is 1. The van der Waals surface area contributed by atoms with Gasteiger partial charge >= 0.3 is 0 Å². The zero-order chi connectivity index (χ0) is 13.8. The summed E-state index contributed by atoms with van der Waals surface area (Å²) in [5.41, 5.74) is 1.70. The Morgan fingerprint density at radius 1 is 1.53 bits per heavy atom. The van der Waals surface area contributed by atoms with Gasteiger partial charge in [-0.1, -0.05) is 11.6 Å². The molecule has 1 atom stereocenters. The summed E-state index contributed by atoms with van der Waals surface area (Å²) in [5.74, 6) is 3.57. The highest BCUT2D eigenvalue weighted by Crippen LogP contribution is 2.31. The van der Waals surface area contributed by atoms with Crippen molar-refractivity contribution in [2.75, 3.05) is 29.1 Å². The number of anilines is 1. The highest BCUT2D eigenvalue weighted by Gasteiger charge is 2.17. The van der Waals surface area contributed by atoms with Gasteiger partial charge in [-0.3, -0.25) is 10.1 Å². The van der Waals surface area contributed by atoms with Gasteiger partial charge in [-0.15, -0.1) is 0 Å². The molecule has 104 valence electrons. The van der Waals surface area contributed by atoms with E-state index in [1.54, 1.807) is 6.07 Å². The molecule has 7 heteroatoms. The Kier molecular flexibility index (Phi) is 5.24. The lowest BCUT2D eigenvalue weighted by atomic mass is 10.1. The molecule has 1 fully saturated rings. The van der Waals surface area contributed by atoms with Gasteiger partial charge in [0.15, 0.2) is 0 Å². The average molecular weight is 319 g/mol. The third-order valence-corrected chi connectivity index (χ3v) is 6.04. The van der Waals surface area contributed by atoms with Crippen LogP contribution in [0.1, 0.15) is 5.56 Å². The average Bonchev–Trinajstić information content (AvgIpc) is 2.40. The van der Waals surface area contributed by atoms with Crippen LogP contribution in [-0.4, -0.2) is 34.0 Å². The Morgan fingerprint density at radius 2 is 2.32 bits per heavy atom. The Bertz CT molecular complexity index is 479. The number of nitro groups is 1. The second-order valence-electron chi connectivity index (χ2n) is 4.32. The number of hydrogen-bond donors (Lipinski definition) is 1. The van der Waals surface area contributed by atoms with Crippen molar-refractivity contribution in [3.05, 3.63) is 32.8 Å². The zero-order valence-electron chi connectivity index (χ0n) is 10.5. The predicted octanol–water partition coefficient (Wildman–Crippen LogP) is 3.82. The zero-order valence-corrected chi connectivity index (χ0v) is 12.9. The van der Waals surface area contributed by atoms with Crippen molar-refractivity contribution in [3.8, 4) is 0 Å². The summed E-state index contributed by atoms with van der Waals surface area (Å²) in [6.07, 6.45) is 0. The summed E-state index contributed by atoms with van der Waals surface area (Å²) in [6, 6.07) is 3.17. The molecule has 0 aliphatic carbocycles. The summed E-state index contributed by atoms with van der Waals surface area (Å²) in [5, 5.41) is 14.9. The molecule has 0 spiro atoms. The lowest BCUT2D eigenvalue weighted by Gasteiger charge is -2.22. The lowest BCUT2D eigenvalue weighted by molar-refractivity contribution is -0.384. The number of rotatable bonds is 4. The summed E-state index contributed by atoms with van der Waals surface area (Å²) in [4.78, 5) is 10.3. The van der Waals surface area contributed by atoms with Crippen LogP contribution >= 0.6 is 35.1 Å². The fraction of sp³-hybridized carbons (Fsp3) is 0.500. The van der Waals surface area contributed by atoms with E-state index in [0.29, 0.717) is 5.25 Å². The first-order chi connectivity index (χ1) is 9.08. The molecule has 1 aromatic rings. The molecule has 1 aliphatic heterocycles. The first kappa shape index (κ1) is 14.8. The summed E-state index contributed by atoms with van der Waals surface area (Å²) < 4.78 is 0. The van der Waals surface area contributed by atoms with Crippen LogP contribution in [0.2, 0.25) is 5.02 Å². The van der Waals surface area contributed by atoms with Crippen LogP contribution < -0.4 is 5.32 Å². The topological polar surface area (TPSA) is 55.2 Å². The number of hydrogen-bond acceptors (Lipinski definition) is 5. The van der Waals surface area contributed by atoms with Crippen LogP contribution in [0.25, 0.3) is 0 Å². The van der Waals surface area contributed by atoms with Gasteiger partial charge in [0.2, 0.25) is 0 Å². The van der Waals surface area contributed by atoms with E-state index in [2.05, 4.69) is 5.32 Å². The molecule has 1 unspecified atom stereocenters. The summed E-state index contributed by atoms with van der Waals surface area (Å²) >= 11 is 9.88. The first-order valence-corrected chi connectivity index (χ1v) is 8.54. The second-order valence-corrected chi connectivity index (χ2v) is 7.29.